The molecule has 3 aromatic rings. The fourth-order valence-corrected chi connectivity index (χ4v) is 1.96. The van der Waals surface area contributed by atoms with Crippen LogP contribution in [0, 0.1) is 0 Å². The molecule has 0 aliphatic rings. The number of aromatic nitrogens is 3. The summed E-state index contributed by atoms with van der Waals surface area (Å²) in [5.74, 6) is 1.06. The van der Waals surface area contributed by atoms with Gasteiger partial charge in [-0.1, -0.05) is 12.1 Å². The van der Waals surface area contributed by atoms with Crippen LogP contribution >= 0.6 is 0 Å². The number of hydrogen-bond donors (Lipinski definition) is 1. The van der Waals surface area contributed by atoms with Gasteiger partial charge in [-0.05, 0) is 24.3 Å². The molecule has 0 atom stereocenters. The molecular weight excluding hydrogens is 224 g/mol. The van der Waals surface area contributed by atoms with Crippen LogP contribution in [0.15, 0.2) is 55.0 Å². The molecule has 1 N–H and O–H groups in total. The van der Waals surface area contributed by atoms with Crippen LogP contribution < -0.4 is 5.32 Å². The minimum atomic E-state index is 0.855. The lowest BCUT2D eigenvalue weighted by Gasteiger charge is -2.08. The Balaban J connectivity index is 1.68. The van der Waals surface area contributed by atoms with Gasteiger partial charge in [-0.3, -0.25) is 9.38 Å². The van der Waals surface area contributed by atoms with Gasteiger partial charge in [-0.15, -0.1) is 0 Å². The molecule has 0 saturated carbocycles. The van der Waals surface area contributed by atoms with Crippen molar-refractivity contribution in [2.24, 2.45) is 0 Å². The molecule has 0 saturated heterocycles. The molecule has 0 fully saturated rings. The molecule has 0 radical (unpaired) electrons. The molecule has 4 nitrogen and oxygen atoms in total. The van der Waals surface area contributed by atoms with E-state index in [9.17, 15) is 0 Å². The van der Waals surface area contributed by atoms with Gasteiger partial charge in [0.1, 0.15) is 11.5 Å². The smallest absolute Gasteiger partial charge is 0.138 e. The second-order valence-corrected chi connectivity index (χ2v) is 4.06. The van der Waals surface area contributed by atoms with Crippen LogP contribution in [0.1, 0.15) is 5.69 Å². The SMILES string of the molecule is c1ccc(CCNc2cccc3nccn23)nc1. The minimum absolute atomic E-state index is 0.855. The van der Waals surface area contributed by atoms with Gasteiger partial charge >= 0.3 is 0 Å². The maximum atomic E-state index is 4.30. The van der Waals surface area contributed by atoms with Crippen LogP contribution in [0.4, 0.5) is 5.82 Å². The van der Waals surface area contributed by atoms with E-state index in [-0.39, 0.29) is 0 Å². The van der Waals surface area contributed by atoms with Crippen LogP contribution in [0.5, 0.6) is 0 Å². The van der Waals surface area contributed by atoms with Crippen molar-refractivity contribution in [3.63, 3.8) is 0 Å². The number of nitrogens with one attached hydrogen (secondary N) is 1. The molecule has 90 valence electrons. The van der Waals surface area contributed by atoms with E-state index < -0.39 is 0 Å². The first-order chi connectivity index (χ1) is 8.93. The standard InChI is InChI=1S/C14H14N4/c1-2-8-15-12(4-1)7-9-16-13-5-3-6-14-17-10-11-18(13)14/h1-6,8,10-11,16H,7,9H2. The number of imidazole rings is 1. The highest BCUT2D eigenvalue weighted by Crippen LogP contribution is 2.10. The van der Waals surface area contributed by atoms with E-state index >= 15 is 0 Å². The highest BCUT2D eigenvalue weighted by molar-refractivity contribution is 5.49. The average Bonchev–Trinajstić information content (AvgIpc) is 2.89. The number of anilines is 1. The molecule has 0 unspecified atom stereocenters. The second-order valence-electron chi connectivity index (χ2n) is 4.06. The maximum absolute atomic E-state index is 4.30. The van der Waals surface area contributed by atoms with Crippen molar-refractivity contribution in [3.8, 4) is 0 Å². The zero-order chi connectivity index (χ0) is 12.2. The number of pyridine rings is 2. The lowest BCUT2D eigenvalue weighted by molar-refractivity contribution is 0.948. The molecular formula is C14H14N4. The van der Waals surface area contributed by atoms with Gasteiger partial charge in [0.05, 0.1) is 0 Å². The average molecular weight is 238 g/mol. The van der Waals surface area contributed by atoms with Crippen molar-refractivity contribution in [1.82, 2.24) is 14.4 Å². The first kappa shape index (κ1) is 10.8. The summed E-state index contributed by atoms with van der Waals surface area (Å²) >= 11 is 0. The highest BCUT2D eigenvalue weighted by atomic mass is 15.1. The zero-order valence-electron chi connectivity index (χ0n) is 9.95. The summed E-state index contributed by atoms with van der Waals surface area (Å²) in [5.41, 5.74) is 2.06. The molecule has 4 heteroatoms. The molecule has 3 aromatic heterocycles. The van der Waals surface area contributed by atoms with Gasteiger partial charge in [0.25, 0.3) is 0 Å². The third kappa shape index (κ3) is 2.18. The first-order valence-corrected chi connectivity index (χ1v) is 5.99. The van der Waals surface area contributed by atoms with Crippen LogP contribution in [0.25, 0.3) is 5.65 Å². The summed E-state index contributed by atoms with van der Waals surface area (Å²) in [4.78, 5) is 8.56. The van der Waals surface area contributed by atoms with Crippen LogP contribution in [-0.4, -0.2) is 20.9 Å². The van der Waals surface area contributed by atoms with Crippen molar-refractivity contribution < 1.29 is 0 Å². The summed E-state index contributed by atoms with van der Waals surface area (Å²) in [6.45, 7) is 0.855. The fraction of sp³-hybridized carbons (Fsp3) is 0.143. The number of hydrogen-bond acceptors (Lipinski definition) is 3. The quantitative estimate of drug-likeness (QED) is 0.758. The van der Waals surface area contributed by atoms with Crippen molar-refractivity contribution in [3.05, 3.63) is 60.7 Å². The molecule has 3 rings (SSSR count). The van der Waals surface area contributed by atoms with Gasteiger partial charge in [-0.2, -0.15) is 0 Å². The highest BCUT2D eigenvalue weighted by Gasteiger charge is 1.99. The van der Waals surface area contributed by atoms with Gasteiger partial charge in [0.2, 0.25) is 0 Å². The third-order valence-electron chi connectivity index (χ3n) is 2.84. The fourth-order valence-electron chi connectivity index (χ4n) is 1.96. The molecule has 0 aliphatic carbocycles. The van der Waals surface area contributed by atoms with Crippen LogP contribution in [0.3, 0.4) is 0 Å². The predicted octanol–water partition coefficient (Wildman–Crippen LogP) is 2.38. The molecule has 0 spiro atoms. The third-order valence-corrected chi connectivity index (χ3v) is 2.84. The maximum Gasteiger partial charge on any atom is 0.138 e. The van der Waals surface area contributed by atoms with Crippen molar-refractivity contribution >= 4 is 11.5 Å². The first-order valence-electron chi connectivity index (χ1n) is 5.99. The lowest BCUT2D eigenvalue weighted by Crippen LogP contribution is -2.08. The number of nitrogens with zero attached hydrogens (tertiary/aromatic N) is 3. The summed E-state index contributed by atoms with van der Waals surface area (Å²) in [7, 11) is 0. The lowest BCUT2D eigenvalue weighted by atomic mass is 10.3. The summed E-state index contributed by atoms with van der Waals surface area (Å²) in [6, 6.07) is 12.0. The van der Waals surface area contributed by atoms with Gasteiger partial charge in [-0.25, -0.2) is 4.98 Å². The van der Waals surface area contributed by atoms with Gasteiger partial charge in [0.15, 0.2) is 0 Å². The van der Waals surface area contributed by atoms with Crippen molar-refractivity contribution in [1.29, 1.82) is 0 Å². The Morgan fingerprint density at radius 2 is 2.00 bits per heavy atom. The van der Waals surface area contributed by atoms with Crippen LogP contribution in [0.2, 0.25) is 0 Å². The van der Waals surface area contributed by atoms with E-state index in [1.165, 1.54) is 0 Å². The largest absolute Gasteiger partial charge is 0.371 e. The Hall–Kier alpha value is -2.36. The van der Waals surface area contributed by atoms with Crippen molar-refractivity contribution in [2.75, 3.05) is 11.9 Å². The molecule has 3 heterocycles. The Labute approximate surface area is 105 Å². The summed E-state index contributed by atoms with van der Waals surface area (Å²) < 4.78 is 2.04. The Bertz CT molecular complexity index is 630. The van der Waals surface area contributed by atoms with E-state index in [0.717, 1.165) is 30.1 Å². The minimum Gasteiger partial charge on any atom is -0.371 e. The number of fused-ring (bicyclic) bond motifs is 1. The predicted molar refractivity (Wildman–Crippen MR) is 71.6 cm³/mol. The number of rotatable bonds is 4. The van der Waals surface area contributed by atoms with E-state index in [4.69, 9.17) is 0 Å². The second kappa shape index (κ2) is 4.87. The van der Waals surface area contributed by atoms with Gasteiger partial charge < -0.3 is 5.32 Å². The van der Waals surface area contributed by atoms with Crippen LogP contribution in [-0.2, 0) is 6.42 Å². The summed E-state index contributed by atoms with van der Waals surface area (Å²) in [5, 5.41) is 3.41. The summed E-state index contributed by atoms with van der Waals surface area (Å²) in [6.07, 6.45) is 6.50. The van der Waals surface area contributed by atoms with E-state index in [1.54, 1.807) is 6.20 Å². The molecule has 0 amide bonds. The monoisotopic (exact) mass is 238 g/mol. The van der Waals surface area contributed by atoms with E-state index in [2.05, 4.69) is 15.3 Å². The van der Waals surface area contributed by atoms with Crippen molar-refractivity contribution in [2.45, 2.75) is 6.42 Å². The van der Waals surface area contributed by atoms with E-state index in [1.807, 2.05) is 53.2 Å². The Morgan fingerprint density at radius 3 is 2.89 bits per heavy atom. The Morgan fingerprint density at radius 1 is 1.00 bits per heavy atom. The van der Waals surface area contributed by atoms with Gasteiger partial charge in [0, 0.05) is 37.3 Å². The molecule has 0 aromatic carbocycles. The molecule has 0 aliphatic heterocycles. The Kier molecular flexibility index (Phi) is 2.92. The zero-order valence-corrected chi connectivity index (χ0v) is 9.95. The topological polar surface area (TPSA) is 42.2 Å². The van der Waals surface area contributed by atoms with E-state index in [0.29, 0.717) is 0 Å². The normalized spacial score (nSPS) is 10.7. The molecule has 0 bridgehead atoms. The molecule has 18 heavy (non-hydrogen) atoms.